The lowest BCUT2D eigenvalue weighted by Gasteiger charge is -2.20. The van der Waals surface area contributed by atoms with Gasteiger partial charge in [0.15, 0.2) is 0 Å². The van der Waals surface area contributed by atoms with Crippen molar-refractivity contribution < 1.29 is 9.59 Å². The van der Waals surface area contributed by atoms with Gasteiger partial charge in [0.1, 0.15) is 6.54 Å². The Labute approximate surface area is 121 Å². The average molecular weight is 325 g/mol. The molecule has 2 amide bonds. The van der Waals surface area contributed by atoms with Gasteiger partial charge < -0.3 is 10.2 Å². The van der Waals surface area contributed by atoms with E-state index >= 15 is 0 Å². The summed E-state index contributed by atoms with van der Waals surface area (Å²) in [5.74, 6) is -0.183. The first-order valence-corrected chi connectivity index (χ1v) is 7.10. The highest BCUT2D eigenvalue weighted by Gasteiger charge is 2.32. The molecule has 0 atom stereocenters. The SMILES string of the molecule is CC(=O)N(CC(=O)Nc1ccc(Br)cc1C)C1CC1. The molecule has 0 heterocycles. The monoisotopic (exact) mass is 324 g/mol. The summed E-state index contributed by atoms with van der Waals surface area (Å²) in [6.45, 7) is 3.58. The molecule has 1 aliphatic rings. The summed E-state index contributed by atoms with van der Waals surface area (Å²) in [5.41, 5.74) is 1.77. The lowest BCUT2D eigenvalue weighted by molar-refractivity contribution is -0.133. The van der Waals surface area contributed by atoms with Crippen LogP contribution in [0.25, 0.3) is 0 Å². The van der Waals surface area contributed by atoms with Gasteiger partial charge in [-0.05, 0) is 43.5 Å². The number of carbonyl (C=O) groups excluding carboxylic acids is 2. The molecular formula is C14H17BrN2O2. The third-order valence-corrected chi connectivity index (χ3v) is 3.66. The highest BCUT2D eigenvalue weighted by atomic mass is 79.9. The molecule has 102 valence electrons. The quantitative estimate of drug-likeness (QED) is 0.925. The van der Waals surface area contributed by atoms with Crippen molar-refractivity contribution in [1.82, 2.24) is 4.90 Å². The lowest BCUT2D eigenvalue weighted by Crippen LogP contribution is -2.38. The van der Waals surface area contributed by atoms with Gasteiger partial charge in [-0.25, -0.2) is 0 Å². The zero-order chi connectivity index (χ0) is 14.0. The van der Waals surface area contributed by atoms with Crippen molar-refractivity contribution in [2.45, 2.75) is 32.7 Å². The van der Waals surface area contributed by atoms with E-state index in [9.17, 15) is 9.59 Å². The molecule has 5 heteroatoms. The van der Waals surface area contributed by atoms with Crippen LogP contribution in [0.5, 0.6) is 0 Å². The first kappa shape index (κ1) is 14.1. The number of nitrogens with one attached hydrogen (secondary N) is 1. The van der Waals surface area contributed by atoms with E-state index < -0.39 is 0 Å². The smallest absolute Gasteiger partial charge is 0.244 e. The number of hydrogen-bond acceptors (Lipinski definition) is 2. The number of nitrogens with zero attached hydrogens (tertiary/aromatic N) is 1. The molecule has 1 saturated carbocycles. The number of halogens is 1. The number of carbonyl (C=O) groups is 2. The zero-order valence-corrected chi connectivity index (χ0v) is 12.7. The first-order chi connectivity index (χ1) is 8.97. The summed E-state index contributed by atoms with van der Waals surface area (Å²) >= 11 is 3.38. The minimum absolute atomic E-state index is 0.0369. The number of anilines is 1. The van der Waals surface area contributed by atoms with Crippen LogP contribution in [0.1, 0.15) is 25.3 Å². The van der Waals surface area contributed by atoms with Crippen LogP contribution in [0.2, 0.25) is 0 Å². The summed E-state index contributed by atoms with van der Waals surface area (Å²) in [7, 11) is 0. The minimum atomic E-state index is -0.146. The van der Waals surface area contributed by atoms with E-state index in [1.54, 1.807) is 4.90 Å². The lowest BCUT2D eigenvalue weighted by atomic mass is 10.2. The summed E-state index contributed by atoms with van der Waals surface area (Å²) in [5, 5.41) is 2.85. The normalized spacial score (nSPS) is 14.1. The largest absolute Gasteiger partial charge is 0.331 e. The zero-order valence-electron chi connectivity index (χ0n) is 11.1. The van der Waals surface area contributed by atoms with Crippen LogP contribution in [0.15, 0.2) is 22.7 Å². The van der Waals surface area contributed by atoms with E-state index in [0.29, 0.717) is 0 Å². The van der Waals surface area contributed by atoms with E-state index in [0.717, 1.165) is 28.6 Å². The molecule has 0 aromatic heterocycles. The molecule has 1 aromatic carbocycles. The Hall–Kier alpha value is -1.36. The third kappa shape index (κ3) is 3.80. The second-order valence-corrected chi connectivity index (χ2v) is 5.80. The van der Waals surface area contributed by atoms with Gasteiger partial charge in [0.05, 0.1) is 0 Å². The van der Waals surface area contributed by atoms with E-state index in [-0.39, 0.29) is 24.4 Å². The molecule has 0 spiro atoms. The standard InChI is InChI=1S/C14H17BrN2O2/c1-9-7-11(15)3-6-13(9)16-14(19)8-17(10(2)18)12-4-5-12/h3,6-7,12H,4-5,8H2,1-2H3,(H,16,19). The van der Waals surface area contributed by atoms with Crippen LogP contribution in [-0.4, -0.2) is 29.3 Å². The molecule has 4 nitrogen and oxygen atoms in total. The van der Waals surface area contributed by atoms with Gasteiger partial charge in [-0.1, -0.05) is 15.9 Å². The molecule has 1 N–H and O–H groups in total. The molecule has 2 rings (SSSR count). The topological polar surface area (TPSA) is 49.4 Å². The van der Waals surface area contributed by atoms with Gasteiger partial charge >= 0.3 is 0 Å². The molecule has 0 unspecified atom stereocenters. The fourth-order valence-electron chi connectivity index (χ4n) is 2.00. The van der Waals surface area contributed by atoms with Crippen LogP contribution in [0.4, 0.5) is 5.69 Å². The predicted molar refractivity (Wildman–Crippen MR) is 77.9 cm³/mol. The fourth-order valence-corrected chi connectivity index (χ4v) is 2.47. The number of amides is 2. The van der Waals surface area contributed by atoms with Crippen molar-refractivity contribution in [3.05, 3.63) is 28.2 Å². The third-order valence-electron chi connectivity index (χ3n) is 3.17. The molecule has 1 aliphatic carbocycles. The number of benzene rings is 1. The second-order valence-electron chi connectivity index (χ2n) is 4.89. The number of hydrogen-bond donors (Lipinski definition) is 1. The fraction of sp³-hybridized carbons (Fsp3) is 0.429. The number of aryl methyl sites for hydroxylation is 1. The highest BCUT2D eigenvalue weighted by molar-refractivity contribution is 9.10. The average Bonchev–Trinajstić information content (AvgIpc) is 3.13. The van der Waals surface area contributed by atoms with Crippen LogP contribution >= 0.6 is 15.9 Å². The van der Waals surface area contributed by atoms with Crippen molar-refractivity contribution in [2.75, 3.05) is 11.9 Å². The van der Waals surface area contributed by atoms with Gasteiger partial charge in [-0.3, -0.25) is 9.59 Å². The van der Waals surface area contributed by atoms with Crippen LogP contribution in [0, 0.1) is 6.92 Å². The van der Waals surface area contributed by atoms with Crippen molar-refractivity contribution >= 4 is 33.4 Å². The van der Waals surface area contributed by atoms with Gasteiger partial charge in [-0.15, -0.1) is 0 Å². The Morgan fingerprint density at radius 3 is 2.63 bits per heavy atom. The van der Waals surface area contributed by atoms with E-state index in [2.05, 4.69) is 21.2 Å². The Kier molecular flexibility index (Phi) is 4.24. The predicted octanol–water partition coefficient (Wildman–Crippen LogP) is 2.71. The maximum atomic E-state index is 12.0. The Bertz CT molecular complexity index is 512. The maximum absolute atomic E-state index is 12.0. The molecule has 0 bridgehead atoms. The molecule has 1 fully saturated rings. The summed E-state index contributed by atoms with van der Waals surface area (Å²) in [6.07, 6.45) is 2.01. The van der Waals surface area contributed by atoms with Crippen molar-refractivity contribution in [3.63, 3.8) is 0 Å². The van der Waals surface area contributed by atoms with E-state index in [4.69, 9.17) is 0 Å². The molecule has 19 heavy (non-hydrogen) atoms. The first-order valence-electron chi connectivity index (χ1n) is 6.30. The summed E-state index contributed by atoms with van der Waals surface area (Å²) in [6, 6.07) is 5.94. The van der Waals surface area contributed by atoms with Crippen molar-refractivity contribution in [3.8, 4) is 0 Å². The molecule has 1 aromatic rings. The Balaban J connectivity index is 1.98. The maximum Gasteiger partial charge on any atom is 0.244 e. The van der Waals surface area contributed by atoms with Crippen LogP contribution in [-0.2, 0) is 9.59 Å². The van der Waals surface area contributed by atoms with Crippen LogP contribution < -0.4 is 5.32 Å². The number of rotatable bonds is 4. The Morgan fingerprint density at radius 1 is 1.42 bits per heavy atom. The van der Waals surface area contributed by atoms with Gasteiger partial charge in [0, 0.05) is 23.1 Å². The highest BCUT2D eigenvalue weighted by Crippen LogP contribution is 2.27. The molecule has 0 radical (unpaired) electrons. The molecular weight excluding hydrogens is 308 g/mol. The second kappa shape index (κ2) is 5.74. The van der Waals surface area contributed by atoms with E-state index in [1.165, 1.54) is 6.92 Å². The van der Waals surface area contributed by atoms with Crippen molar-refractivity contribution in [1.29, 1.82) is 0 Å². The van der Waals surface area contributed by atoms with Crippen LogP contribution in [0.3, 0.4) is 0 Å². The summed E-state index contributed by atoms with van der Waals surface area (Å²) < 4.78 is 0.978. The minimum Gasteiger partial charge on any atom is -0.331 e. The Morgan fingerprint density at radius 2 is 2.11 bits per heavy atom. The van der Waals surface area contributed by atoms with Gasteiger partial charge in [-0.2, -0.15) is 0 Å². The van der Waals surface area contributed by atoms with Gasteiger partial charge in [0.2, 0.25) is 11.8 Å². The van der Waals surface area contributed by atoms with E-state index in [1.807, 2.05) is 25.1 Å². The van der Waals surface area contributed by atoms with Gasteiger partial charge in [0.25, 0.3) is 0 Å². The van der Waals surface area contributed by atoms with Crippen molar-refractivity contribution in [2.24, 2.45) is 0 Å². The molecule has 0 aliphatic heterocycles. The molecule has 0 saturated heterocycles. The summed E-state index contributed by atoms with van der Waals surface area (Å²) in [4.78, 5) is 25.1.